The molecule has 0 radical (unpaired) electrons. The summed E-state index contributed by atoms with van der Waals surface area (Å²) in [7, 11) is 0. The Kier molecular flexibility index (Phi) is 5.66. The van der Waals surface area contributed by atoms with Crippen LogP contribution in [0.25, 0.3) is 11.0 Å². The van der Waals surface area contributed by atoms with Crippen molar-refractivity contribution in [1.29, 1.82) is 0 Å². The summed E-state index contributed by atoms with van der Waals surface area (Å²) in [5.41, 5.74) is 3.05. The summed E-state index contributed by atoms with van der Waals surface area (Å²) in [6.45, 7) is 3.25. The number of morpholine rings is 1. The van der Waals surface area contributed by atoms with Gasteiger partial charge in [-0.25, -0.2) is 4.98 Å². The van der Waals surface area contributed by atoms with E-state index in [0.717, 1.165) is 16.2 Å². The van der Waals surface area contributed by atoms with Gasteiger partial charge in [-0.3, -0.25) is 4.79 Å². The van der Waals surface area contributed by atoms with E-state index in [1.165, 1.54) is 17.3 Å². The summed E-state index contributed by atoms with van der Waals surface area (Å²) in [5.74, 6) is 0.492. The maximum atomic E-state index is 12.5. The first kappa shape index (κ1) is 18.3. The zero-order valence-electron chi connectivity index (χ0n) is 14.8. The fraction of sp³-hybridized carbons (Fsp3) is 0.300. The average molecular weight is 402 g/mol. The van der Waals surface area contributed by atoms with Crippen molar-refractivity contribution in [3.05, 3.63) is 59.1 Å². The van der Waals surface area contributed by atoms with E-state index in [9.17, 15) is 4.79 Å². The van der Waals surface area contributed by atoms with Crippen molar-refractivity contribution in [3.8, 4) is 0 Å². The number of fused-ring (bicyclic) bond motifs is 1. The monoisotopic (exact) mass is 401 g/mol. The molecule has 0 unspecified atom stereocenters. The number of ether oxygens (including phenoxy) is 1. The lowest BCUT2D eigenvalue weighted by molar-refractivity contribution is -0.132. The van der Waals surface area contributed by atoms with Gasteiger partial charge < -0.3 is 14.2 Å². The zero-order chi connectivity index (χ0) is 18.6. The van der Waals surface area contributed by atoms with Crippen molar-refractivity contribution in [1.82, 2.24) is 14.5 Å². The third-order valence-corrected chi connectivity index (χ3v) is 5.74. The van der Waals surface area contributed by atoms with Crippen LogP contribution in [-0.4, -0.2) is 52.4 Å². The smallest absolute Gasteiger partial charge is 0.233 e. The summed E-state index contributed by atoms with van der Waals surface area (Å²) >= 11 is 7.62. The molecule has 0 saturated carbocycles. The van der Waals surface area contributed by atoms with Crippen molar-refractivity contribution in [2.24, 2.45) is 0 Å². The van der Waals surface area contributed by atoms with Crippen LogP contribution in [-0.2, 0) is 16.1 Å². The molecule has 1 amide bonds. The lowest BCUT2D eigenvalue weighted by Gasteiger charge is -2.26. The van der Waals surface area contributed by atoms with Crippen LogP contribution < -0.4 is 0 Å². The van der Waals surface area contributed by atoms with E-state index in [2.05, 4.69) is 16.7 Å². The number of hydrogen-bond donors (Lipinski definition) is 0. The minimum atomic E-state index is 0.125. The summed E-state index contributed by atoms with van der Waals surface area (Å²) < 4.78 is 7.47. The van der Waals surface area contributed by atoms with Crippen LogP contribution in [0.2, 0.25) is 5.02 Å². The number of amides is 1. The van der Waals surface area contributed by atoms with Gasteiger partial charge >= 0.3 is 0 Å². The Balaban J connectivity index is 1.58. The second kappa shape index (κ2) is 8.33. The molecule has 0 N–H and O–H groups in total. The number of halogens is 1. The molecule has 1 aliphatic heterocycles. The summed E-state index contributed by atoms with van der Waals surface area (Å²) in [4.78, 5) is 19.1. The van der Waals surface area contributed by atoms with Gasteiger partial charge in [0.25, 0.3) is 0 Å². The first-order valence-electron chi connectivity index (χ1n) is 8.89. The Labute approximate surface area is 167 Å². The van der Waals surface area contributed by atoms with E-state index in [1.54, 1.807) is 0 Å². The molecule has 2 aromatic carbocycles. The van der Waals surface area contributed by atoms with Gasteiger partial charge in [-0.2, -0.15) is 0 Å². The van der Waals surface area contributed by atoms with Crippen molar-refractivity contribution >= 4 is 40.3 Å². The predicted octanol–water partition coefficient (Wildman–Crippen LogP) is 3.69. The molecule has 0 atom stereocenters. The number of carbonyl (C=O) groups excluding carboxylic acids is 1. The molecule has 27 heavy (non-hydrogen) atoms. The van der Waals surface area contributed by atoms with Crippen LogP contribution in [0.3, 0.4) is 0 Å². The van der Waals surface area contributed by atoms with E-state index in [-0.39, 0.29) is 5.91 Å². The molecule has 7 heteroatoms. The van der Waals surface area contributed by atoms with E-state index in [4.69, 9.17) is 21.3 Å². The highest BCUT2D eigenvalue weighted by atomic mass is 35.5. The van der Waals surface area contributed by atoms with Crippen LogP contribution in [0.4, 0.5) is 0 Å². The maximum absolute atomic E-state index is 12.5. The second-order valence-corrected chi connectivity index (χ2v) is 7.76. The molecule has 140 valence electrons. The van der Waals surface area contributed by atoms with Crippen LogP contribution in [0.5, 0.6) is 0 Å². The lowest BCUT2D eigenvalue weighted by atomic mass is 10.2. The lowest BCUT2D eigenvalue weighted by Crippen LogP contribution is -2.41. The van der Waals surface area contributed by atoms with Crippen LogP contribution >= 0.6 is 23.4 Å². The fourth-order valence-electron chi connectivity index (χ4n) is 3.14. The quantitative estimate of drug-likeness (QED) is 0.612. The van der Waals surface area contributed by atoms with E-state index in [1.807, 2.05) is 41.3 Å². The third-order valence-electron chi connectivity index (χ3n) is 4.55. The number of thioether (sulfide) groups is 1. The van der Waals surface area contributed by atoms with Crippen LogP contribution in [0.1, 0.15) is 5.56 Å². The molecule has 1 aliphatic rings. The molecule has 1 fully saturated rings. The van der Waals surface area contributed by atoms with Crippen LogP contribution in [0, 0.1) is 0 Å². The third kappa shape index (κ3) is 4.29. The molecular formula is C20H20ClN3O2S. The number of aromatic nitrogens is 2. The molecule has 0 spiro atoms. The topological polar surface area (TPSA) is 47.4 Å². The Morgan fingerprint density at radius 2 is 1.93 bits per heavy atom. The number of hydrogen-bond acceptors (Lipinski definition) is 4. The van der Waals surface area contributed by atoms with Crippen molar-refractivity contribution in [3.63, 3.8) is 0 Å². The number of benzene rings is 2. The fourth-order valence-corrected chi connectivity index (χ4v) is 4.22. The molecule has 0 aliphatic carbocycles. The molecule has 5 nitrogen and oxygen atoms in total. The molecule has 0 bridgehead atoms. The largest absolute Gasteiger partial charge is 0.378 e. The van der Waals surface area contributed by atoms with Gasteiger partial charge in [0.2, 0.25) is 5.91 Å². The van der Waals surface area contributed by atoms with Gasteiger partial charge in [-0.1, -0.05) is 53.7 Å². The summed E-state index contributed by atoms with van der Waals surface area (Å²) in [6.07, 6.45) is 0. The summed E-state index contributed by atoms with van der Waals surface area (Å²) in [5, 5.41) is 1.49. The Bertz CT molecular complexity index is 939. The SMILES string of the molecule is O=C(CSc1nc2cc(Cl)ccc2n1Cc1ccccc1)N1CCOCC1. The van der Waals surface area contributed by atoms with Gasteiger partial charge in [-0.05, 0) is 23.8 Å². The molecular weight excluding hydrogens is 382 g/mol. The molecule has 2 heterocycles. The summed E-state index contributed by atoms with van der Waals surface area (Å²) in [6, 6.07) is 16.0. The molecule has 1 saturated heterocycles. The van der Waals surface area contributed by atoms with E-state index in [0.29, 0.717) is 43.6 Å². The normalized spacial score (nSPS) is 14.6. The minimum absolute atomic E-state index is 0.125. The van der Waals surface area contributed by atoms with E-state index < -0.39 is 0 Å². The Morgan fingerprint density at radius 3 is 2.70 bits per heavy atom. The van der Waals surface area contributed by atoms with Crippen molar-refractivity contribution < 1.29 is 9.53 Å². The first-order chi connectivity index (χ1) is 13.2. The van der Waals surface area contributed by atoms with E-state index >= 15 is 0 Å². The highest BCUT2D eigenvalue weighted by Crippen LogP contribution is 2.27. The Hall–Kier alpha value is -2.02. The number of nitrogens with zero attached hydrogens (tertiary/aromatic N) is 3. The average Bonchev–Trinajstić information content (AvgIpc) is 3.04. The van der Waals surface area contributed by atoms with Gasteiger partial charge in [-0.15, -0.1) is 0 Å². The van der Waals surface area contributed by atoms with Gasteiger partial charge in [0.15, 0.2) is 5.16 Å². The highest BCUT2D eigenvalue weighted by molar-refractivity contribution is 7.99. The minimum Gasteiger partial charge on any atom is -0.378 e. The van der Waals surface area contributed by atoms with Crippen molar-refractivity contribution in [2.75, 3.05) is 32.1 Å². The standard InChI is InChI=1S/C20H20ClN3O2S/c21-16-6-7-18-17(12-16)22-20(24(18)13-15-4-2-1-3-5-15)27-14-19(25)23-8-10-26-11-9-23/h1-7,12H,8-11,13-14H2. The van der Waals surface area contributed by atoms with Gasteiger partial charge in [0.05, 0.1) is 36.5 Å². The zero-order valence-corrected chi connectivity index (χ0v) is 16.4. The molecule has 3 aromatic rings. The number of carbonyl (C=O) groups is 1. The molecule has 4 rings (SSSR count). The number of imidazole rings is 1. The Morgan fingerprint density at radius 1 is 1.15 bits per heavy atom. The highest BCUT2D eigenvalue weighted by Gasteiger charge is 2.19. The number of rotatable bonds is 5. The van der Waals surface area contributed by atoms with Gasteiger partial charge in [0, 0.05) is 18.1 Å². The van der Waals surface area contributed by atoms with Crippen molar-refractivity contribution in [2.45, 2.75) is 11.7 Å². The second-order valence-electron chi connectivity index (χ2n) is 6.38. The van der Waals surface area contributed by atoms with Gasteiger partial charge in [0.1, 0.15) is 0 Å². The van der Waals surface area contributed by atoms with Crippen LogP contribution in [0.15, 0.2) is 53.7 Å². The maximum Gasteiger partial charge on any atom is 0.233 e. The molecule has 1 aromatic heterocycles. The first-order valence-corrected chi connectivity index (χ1v) is 10.2. The predicted molar refractivity (Wildman–Crippen MR) is 108 cm³/mol.